The highest BCUT2D eigenvalue weighted by Gasteiger charge is 2.35. The van der Waals surface area contributed by atoms with Crippen LogP contribution in [-0.2, 0) is 11.3 Å². The van der Waals surface area contributed by atoms with Crippen molar-refractivity contribution in [2.75, 3.05) is 7.11 Å². The van der Waals surface area contributed by atoms with Gasteiger partial charge in [0.15, 0.2) is 0 Å². The Morgan fingerprint density at radius 1 is 1.26 bits per heavy atom. The molecule has 0 unspecified atom stereocenters. The molecular formula is C18H13BrN2O5S. The van der Waals surface area contributed by atoms with Gasteiger partial charge in [-0.2, -0.15) is 0 Å². The minimum absolute atomic E-state index is 0.0285. The van der Waals surface area contributed by atoms with Crippen LogP contribution in [0.25, 0.3) is 6.08 Å². The zero-order valence-corrected chi connectivity index (χ0v) is 16.5. The normalized spacial score (nSPS) is 15.5. The van der Waals surface area contributed by atoms with E-state index in [2.05, 4.69) is 15.9 Å². The number of nitro benzene ring substituents is 1. The van der Waals surface area contributed by atoms with Gasteiger partial charge in [0.25, 0.3) is 16.8 Å². The Morgan fingerprint density at radius 2 is 2.04 bits per heavy atom. The van der Waals surface area contributed by atoms with E-state index in [1.165, 1.54) is 25.3 Å². The van der Waals surface area contributed by atoms with Crippen molar-refractivity contribution in [2.45, 2.75) is 6.54 Å². The Bertz CT molecular complexity index is 976. The maximum Gasteiger partial charge on any atom is 0.293 e. The number of rotatable bonds is 5. The van der Waals surface area contributed by atoms with Crippen LogP contribution in [0.5, 0.6) is 5.75 Å². The number of non-ortho nitro benzene ring substituents is 1. The molecule has 1 fully saturated rings. The van der Waals surface area contributed by atoms with Crippen LogP contribution in [-0.4, -0.2) is 28.1 Å². The lowest BCUT2D eigenvalue weighted by atomic mass is 10.1. The molecule has 27 heavy (non-hydrogen) atoms. The first-order valence-electron chi connectivity index (χ1n) is 7.71. The molecular weight excluding hydrogens is 436 g/mol. The van der Waals surface area contributed by atoms with Gasteiger partial charge >= 0.3 is 0 Å². The first-order chi connectivity index (χ1) is 12.9. The molecule has 1 saturated heterocycles. The average molecular weight is 449 g/mol. The van der Waals surface area contributed by atoms with E-state index in [0.29, 0.717) is 16.9 Å². The van der Waals surface area contributed by atoms with Crippen LogP contribution in [0.4, 0.5) is 10.5 Å². The molecule has 3 rings (SSSR count). The van der Waals surface area contributed by atoms with Gasteiger partial charge < -0.3 is 4.74 Å². The number of thioether (sulfide) groups is 1. The third kappa shape index (κ3) is 4.20. The van der Waals surface area contributed by atoms with Crippen molar-refractivity contribution in [1.29, 1.82) is 0 Å². The molecule has 2 amide bonds. The first-order valence-corrected chi connectivity index (χ1v) is 9.32. The summed E-state index contributed by atoms with van der Waals surface area (Å²) >= 11 is 4.19. The number of amides is 2. The summed E-state index contributed by atoms with van der Waals surface area (Å²) in [5, 5.41) is 10.5. The Labute approximate surface area is 167 Å². The lowest BCUT2D eigenvalue weighted by Gasteiger charge is -2.12. The number of carbonyl (C=O) groups excluding carboxylic acids is 2. The van der Waals surface area contributed by atoms with Gasteiger partial charge in [0.2, 0.25) is 0 Å². The van der Waals surface area contributed by atoms with E-state index < -0.39 is 16.1 Å². The molecule has 7 nitrogen and oxygen atoms in total. The maximum atomic E-state index is 12.7. The second kappa shape index (κ2) is 7.93. The molecule has 0 N–H and O–H groups in total. The molecule has 0 aliphatic carbocycles. The third-order valence-corrected chi connectivity index (χ3v) is 5.21. The van der Waals surface area contributed by atoms with Crippen molar-refractivity contribution >= 4 is 50.6 Å². The number of benzene rings is 2. The fourth-order valence-electron chi connectivity index (χ4n) is 2.55. The summed E-state index contributed by atoms with van der Waals surface area (Å²) in [6.45, 7) is -0.0285. The van der Waals surface area contributed by atoms with Crippen molar-refractivity contribution in [3.63, 3.8) is 0 Å². The summed E-state index contributed by atoms with van der Waals surface area (Å²) in [6.07, 6.45) is 1.60. The number of nitro groups is 1. The van der Waals surface area contributed by atoms with Crippen LogP contribution >= 0.6 is 27.7 Å². The predicted molar refractivity (Wildman–Crippen MR) is 105 cm³/mol. The van der Waals surface area contributed by atoms with Crippen molar-refractivity contribution in [2.24, 2.45) is 0 Å². The Hall–Kier alpha value is -2.65. The monoisotopic (exact) mass is 448 g/mol. The molecule has 0 radical (unpaired) electrons. The summed E-state index contributed by atoms with van der Waals surface area (Å²) in [5.74, 6) is 0.127. The second-order valence-corrected chi connectivity index (χ2v) is 7.49. The molecule has 138 valence electrons. The minimum Gasteiger partial charge on any atom is -0.496 e. The summed E-state index contributed by atoms with van der Waals surface area (Å²) < 4.78 is 6.09. The lowest BCUT2D eigenvalue weighted by Crippen LogP contribution is -2.27. The van der Waals surface area contributed by atoms with Crippen LogP contribution in [0, 0.1) is 10.1 Å². The fourth-order valence-corrected chi connectivity index (χ4v) is 3.75. The Morgan fingerprint density at radius 3 is 2.74 bits per heavy atom. The van der Waals surface area contributed by atoms with Gasteiger partial charge in [-0.1, -0.05) is 28.1 Å². The number of hydrogen-bond donors (Lipinski definition) is 0. The number of ether oxygens (including phenoxy) is 1. The highest BCUT2D eigenvalue weighted by atomic mass is 79.9. The fraction of sp³-hybridized carbons (Fsp3) is 0.111. The molecule has 1 heterocycles. The maximum absolute atomic E-state index is 12.7. The van der Waals surface area contributed by atoms with E-state index in [0.717, 1.165) is 21.1 Å². The van der Waals surface area contributed by atoms with Crippen LogP contribution < -0.4 is 4.74 Å². The molecule has 0 bridgehead atoms. The molecule has 0 saturated carbocycles. The smallest absolute Gasteiger partial charge is 0.293 e. The highest BCUT2D eigenvalue weighted by molar-refractivity contribution is 9.10. The summed E-state index contributed by atoms with van der Waals surface area (Å²) in [4.78, 5) is 36.6. The second-order valence-electron chi connectivity index (χ2n) is 5.58. The van der Waals surface area contributed by atoms with Gasteiger partial charge in [-0.3, -0.25) is 24.6 Å². The number of imide groups is 1. The predicted octanol–water partition coefficient (Wildman–Crippen LogP) is 4.60. The van der Waals surface area contributed by atoms with Crippen LogP contribution in [0.15, 0.2) is 51.8 Å². The van der Waals surface area contributed by atoms with Gasteiger partial charge in [-0.05, 0) is 41.6 Å². The van der Waals surface area contributed by atoms with Crippen LogP contribution in [0.1, 0.15) is 11.1 Å². The van der Waals surface area contributed by atoms with Gasteiger partial charge in [0.05, 0.1) is 23.5 Å². The quantitative estimate of drug-likeness (QED) is 0.377. The molecule has 0 atom stereocenters. The summed E-state index contributed by atoms with van der Waals surface area (Å²) in [6, 6.07) is 11.2. The van der Waals surface area contributed by atoms with E-state index in [-0.39, 0.29) is 17.1 Å². The minimum atomic E-state index is -0.517. The third-order valence-electron chi connectivity index (χ3n) is 3.81. The molecule has 2 aromatic carbocycles. The Balaban J connectivity index is 1.86. The first kappa shape index (κ1) is 19.1. The summed E-state index contributed by atoms with van der Waals surface area (Å²) in [5.41, 5.74) is 1.08. The average Bonchev–Trinajstić information content (AvgIpc) is 2.89. The summed E-state index contributed by atoms with van der Waals surface area (Å²) in [7, 11) is 1.52. The van der Waals surface area contributed by atoms with Crippen molar-refractivity contribution in [3.05, 3.63) is 73.1 Å². The van der Waals surface area contributed by atoms with Gasteiger partial charge in [-0.15, -0.1) is 0 Å². The molecule has 1 aliphatic rings. The number of halogens is 1. The lowest BCUT2D eigenvalue weighted by molar-refractivity contribution is -0.384. The highest BCUT2D eigenvalue weighted by Crippen LogP contribution is 2.35. The number of nitrogens with zero attached hydrogens (tertiary/aromatic N) is 2. The molecule has 0 aromatic heterocycles. The number of carbonyl (C=O) groups is 2. The van der Waals surface area contributed by atoms with E-state index >= 15 is 0 Å². The molecule has 1 aliphatic heterocycles. The van der Waals surface area contributed by atoms with Crippen molar-refractivity contribution in [3.8, 4) is 5.75 Å². The number of hydrogen-bond acceptors (Lipinski definition) is 6. The van der Waals surface area contributed by atoms with Crippen molar-refractivity contribution < 1.29 is 19.2 Å². The van der Waals surface area contributed by atoms with Gasteiger partial charge in [0, 0.05) is 22.2 Å². The van der Waals surface area contributed by atoms with Crippen LogP contribution in [0.3, 0.4) is 0 Å². The van der Waals surface area contributed by atoms with Gasteiger partial charge in [0.1, 0.15) is 5.75 Å². The zero-order chi connectivity index (χ0) is 19.6. The topological polar surface area (TPSA) is 89.8 Å². The molecule has 0 spiro atoms. The van der Waals surface area contributed by atoms with E-state index in [1.54, 1.807) is 24.3 Å². The molecule has 2 aromatic rings. The Kier molecular flexibility index (Phi) is 5.62. The standard InChI is InChI=1S/C18H13BrN2O5S/c1-26-15-6-5-13(19)8-12(15)9-16-17(22)20(18(23)27-16)10-11-3-2-4-14(7-11)21(24)25/h2-9H,10H2,1H3/b16-9-. The van der Waals surface area contributed by atoms with Crippen LogP contribution in [0.2, 0.25) is 0 Å². The largest absolute Gasteiger partial charge is 0.496 e. The molecule has 9 heteroatoms. The zero-order valence-electron chi connectivity index (χ0n) is 14.0. The van der Waals surface area contributed by atoms with Crippen molar-refractivity contribution in [1.82, 2.24) is 4.90 Å². The van der Waals surface area contributed by atoms with Gasteiger partial charge in [-0.25, -0.2) is 0 Å². The SMILES string of the molecule is COc1ccc(Br)cc1/C=C1\SC(=O)N(Cc2cccc([N+](=O)[O-])c2)C1=O. The van der Waals surface area contributed by atoms with E-state index in [4.69, 9.17) is 4.74 Å². The van der Waals surface area contributed by atoms with E-state index in [9.17, 15) is 19.7 Å². The number of methoxy groups -OCH3 is 1. The van der Waals surface area contributed by atoms with E-state index in [1.807, 2.05) is 6.07 Å².